The monoisotopic (exact) mass is 315 g/mol. The molecule has 22 heavy (non-hydrogen) atoms. The van der Waals surface area contributed by atoms with Crippen molar-refractivity contribution in [2.45, 2.75) is 19.5 Å². The number of hydrogen-bond donors (Lipinski definition) is 1. The highest BCUT2D eigenvalue weighted by atomic mass is 32.1. The molecule has 4 rings (SSSR count). The molecule has 0 saturated heterocycles. The number of H-pyrrole nitrogens is 1. The Labute approximate surface area is 129 Å². The normalized spacial score (nSPS) is 14.3. The fraction of sp³-hybridized carbons (Fsp3) is 0.286. The number of carbonyl (C=O) groups excluding carboxylic acids is 1. The number of thiophene rings is 1. The molecule has 1 amide bonds. The van der Waals surface area contributed by atoms with Crippen molar-refractivity contribution >= 4 is 27.5 Å². The molecule has 0 atom stereocenters. The van der Waals surface area contributed by atoms with Crippen LogP contribution in [0.1, 0.15) is 11.3 Å². The summed E-state index contributed by atoms with van der Waals surface area (Å²) in [5, 5.41) is 8.77. The van der Waals surface area contributed by atoms with Gasteiger partial charge in [-0.2, -0.15) is 5.10 Å². The number of aromatic nitrogens is 4. The van der Waals surface area contributed by atoms with Crippen molar-refractivity contribution in [3.8, 4) is 0 Å². The smallest absolute Gasteiger partial charge is 0.271 e. The van der Waals surface area contributed by atoms with E-state index in [1.54, 1.807) is 17.2 Å². The first-order chi connectivity index (χ1) is 10.7. The number of amides is 1. The number of fused-ring (bicyclic) bond motifs is 2. The lowest BCUT2D eigenvalue weighted by Gasteiger charge is -2.26. The largest absolute Gasteiger partial charge is 0.336 e. The van der Waals surface area contributed by atoms with E-state index in [0.29, 0.717) is 23.3 Å². The van der Waals surface area contributed by atoms with Crippen LogP contribution < -0.4 is 5.56 Å². The van der Waals surface area contributed by atoms with Gasteiger partial charge >= 0.3 is 0 Å². The second kappa shape index (κ2) is 5.06. The molecule has 0 aliphatic carbocycles. The predicted molar refractivity (Wildman–Crippen MR) is 81.6 cm³/mol. The number of nitrogens with zero attached hydrogens (tertiary/aromatic N) is 4. The molecular weight excluding hydrogens is 302 g/mol. The van der Waals surface area contributed by atoms with Crippen molar-refractivity contribution in [2.24, 2.45) is 0 Å². The van der Waals surface area contributed by atoms with E-state index >= 15 is 0 Å². The first-order valence-electron chi connectivity index (χ1n) is 6.94. The lowest BCUT2D eigenvalue weighted by molar-refractivity contribution is -0.132. The van der Waals surface area contributed by atoms with Crippen LogP contribution in [0.4, 0.5) is 0 Å². The summed E-state index contributed by atoms with van der Waals surface area (Å²) in [6, 6.07) is 1.80. The standard InChI is InChI=1S/C14H13N5O2S/c20-12(18-3-1-10-9(6-18)5-16-17-10)7-19-8-15-11-2-4-22-13(11)14(19)21/h2,4-5,8H,1,3,6-7H2,(H,16,17). The zero-order chi connectivity index (χ0) is 15.1. The van der Waals surface area contributed by atoms with Crippen LogP contribution in [0.3, 0.4) is 0 Å². The van der Waals surface area contributed by atoms with Crippen LogP contribution in [-0.2, 0) is 24.3 Å². The topological polar surface area (TPSA) is 83.9 Å². The summed E-state index contributed by atoms with van der Waals surface area (Å²) in [6.07, 6.45) is 3.96. The Morgan fingerprint density at radius 1 is 1.45 bits per heavy atom. The maximum absolute atomic E-state index is 12.4. The molecule has 0 fully saturated rings. The highest BCUT2D eigenvalue weighted by Gasteiger charge is 2.22. The summed E-state index contributed by atoms with van der Waals surface area (Å²) < 4.78 is 1.97. The van der Waals surface area contributed by atoms with Crippen LogP contribution >= 0.6 is 11.3 Å². The van der Waals surface area contributed by atoms with Crippen LogP contribution in [-0.4, -0.2) is 37.1 Å². The van der Waals surface area contributed by atoms with Crippen LogP contribution in [0.25, 0.3) is 10.2 Å². The quantitative estimate of drug-likeness (QED) is 0.757. The van der Waals surface area contributed by atoms with Crippen molar-refractivity contribution in [1.82, 2.24) is 24.6 Å². The number of aromatic amines is 1. The molecule has 0 unspecified atom stereocenters. The number of nitrogens with one attached hydrogen (secondary N) is 1. The minimum atomic E-state index is -0.158. The summed E-state index contributed by atoms with van der Waals surface area (Å²) in [5.74, 6) is -0.0772. The van der Waals surface area contributed by atoms with Gasteiger partial charge in [-0.05, 0) is 11.4 Å². The van der Waals surface area contributed by atoms with Gasteiger partial charge in [-0.15, -0.1) is 11.3 Å². The Morgan fingerprint density at radius 3 is 3.27 bits per heavy atom. The molecule has 1 aliphatic heterocycles. The van der Waals surface area contributed by atoms with E-state index in [9.17, 15) is 9.59 Å². The third kappa shape index (κ3) is 2.12. The molecule has 0 aromatic carbocycles. The zero-order valence-corrected chi connectivity index (χ0v) is 12.5. The number of rotatable bonds is 2. The Hall–Kier alpha value is -2.48. The molecule has 1 aliphatic rings. The van der Waals surface area contributed by atoms with Crippen molar-refractivity contribution < 1.29 is 4.79 Å². The molecule has 3 aromatic rings. The van der Waals surface area contributed by atoms with Gasteiger partial charge in [0.2, 0.25) is 5.91 Å². The Kier molecular flexibility index (Phi) is 3.04. The molecule has 8 heteroatoms. The number of hydrogen-bond acceptors (Lipinski definition) is 5. The van der Waals surface area contributed by atoms with E-state index in [4.69, 9.17) is 0 Å². The highest BCUT2D eigenvalue weighted by Crippen LogP contribution is 2.17. The third-order valence-corrected chi connectivity index (χ3v) is 4.79. The van der Waals surface area contributed by atoms with E-state index < -0.39 is 0 Å². The van der Waals surface area contributed by atoms with Gasteiger partial charge in [-0.3, -0.25) is 19.3 Å². The molecule has 0 bridgehead atoms. The third-order valence-electron chi connectivity index (χ3n) is 3.89. The van der Waals surface area contributed by atoms with Gasteiger partial charge in [0.05, 0.1) is 18.0 Å². The first-order valence-corrected chi connectivity index (χ1v) is 7.82. The summed E-state index contributed by atoms with van der Waals surface area (Å²) in [4.78, 5) is 30.7. The summed E-state index contributed by atoms with van der Waals surface area (Å²) in [7, 11) is 0. The fourth-order valence-corrected chi connectivity index (χ4v) is 3.46. The van der Waals surface area contributed by atoms with E-state index in [-0.39, 0.29) is 18.0 Å². The second-order valence-corrected chi connectivity index (χ2v) is 6.17. The lowest BCUT2D eigenvalue weighted by atomic mass is 10.1. The van der Waals surface area contributed by atoms with Gasteiger partial charge in [-0.1, -0.05) is 0 Å². The van der Waals surface area contributed by atoms with Crippen LogP contribution in [0.2, 0.25) is 0 Å². The van der Waals surface area contributed by atoms with Crippen LogP contribution in [0.15, 0.2) is 28.8 Å². The summed E-state index contributed by atoms with van der Waals surface area (Å²) >= 11 is 1.35. The van der Waals surface area contributed by atoms with Gasteiger partial charge < -0.3 is 4.90 Å². The average Bonchev–Trinajstić information content (AvgIpc) is 3.17. The molecule has 3 aromatic heterocycles. The minimum absolute atomic E-state index is 0.0207. The van der Waals surface area contributed by atoms with Crippen molar-refractivity contribution in [3.05, 3.63) is 45.6 Å². The number of carbonyl (C=O) groups is 1. The minimum Gasteiger partial charge on any atom is -0.336 e. The maximum atomic E-state index is 12.4. The zero-order valence-electron chi connectivity index (χ0n) is 11.7. The molecule has 0 saturated carbocycles. The van der Waals surface area contributed by atoms with Gasteiger partial charge in [0.25, 0.3) is 5.56 Å². The molecule has 0 radical (unpaired) electrons. The van der Waals surface area contributed by atoms with Gasteiger partial charge in [0.15, 0.2) is 0 Å². The van der Waals surface area contributed by atoms with Crippen molar-refractivity contribution in [2.75, 3.05) is 6.54 Å². The maximum Gasteiger partial charge on any atom is 0.271 e. The van der Waals surface area contributed by atoms with Gasteiger partial charge in [0, 0.05) is 30.8 Å². The lowest BCUT2D eigenvalue weighted by Crippen LogP contribution is -2.39. The molecule has 112 valence electrons. The first kappa shape index (κ1) is 13.2. The highest BCUT2D eigenvalue weighted by molar-refractivity contribution is 7.17. The van der Waals surface area contributed by atoms with Gasteiger partial charge in [-0.25, -0.2) is 4.98 Å². The molecular formula is C14H13N5O2S. The fourth-order valence-electron chi connectivity index (χ4n) is 2.67. The van der Waals surface area contributed by atoms with Crippen LogP contribution in [0, 0.1) is 0 Å². The molecule has 4 heterocycles. The Morgan fingerprint density at radius 2 is 2.36 bits per heavy atom. The van der Waals surface area contributed by atoms with E-state index in [2.05, 4.69) is 15.2 Å². The van der Waals surface area contributed by atoms with E-state index in [1.807, 2.05) is 5.38 Å². The summed E-state index contributed by atoms with van der Waals surface area (Å²) in [6.45, 7) is 1.19. The Bertz CT molecular complexity index is 909. The van der Waals surface area contributed by atoms with Crippen LogP contribution in [0.5, 0.6) is 0 Å². The Balaban J connectivity index is 1.56. The molecule has 1 N–H and O–H groups in total. The SMILES string of the molecule is O=C(Cn1cnc2ccsc2c1=O)N1CCc2[nH]ncc2C1. The van der Waals surface area contributed by atoms with Crippen molar-refractivity contribution in [3.63, 3.8) is 0 Å². The van der Waals surface area contributed by atoms with E-state index in [0.717, 1.165) is 17.7 Å². The second-order valence-electron chi connectivity index (χ2n) is 5.25. The molecule has 7 nitrogen and oxygen atoms in total. The molecule has 0 spiro atoms. The van der Waals surface area contributed by atoms with Gasteiger partial charge in [0.1, 0.15) is 11.2 Å². The van der Waals surface area contributed by atoms with E-state index in [1.165, 1.54) is 22.2 Å². The van der Waals surface area contributed by atoms with Crippen molar-refractivity contribution in [1.29, 1.82) is 0 Å². The summed E-state index contributed by atoms with van der Waals surface area (Å²) in [5.41, 5.74) is 2.65. The predicted octanol–water partition coefficient (Wildman–Crippen LogP) is 0.766. The average molecular weight is 315 g/mol.